The van der Waals surface area contributed by atoms with E-state index >= 15 is 0 Å². The SMILES string of the molecule is Cc1cc(-c2nnc(SCC(=O)O)n2C)c(C)nn1. The maximum absolute atomic E-state index is 10.6. The van der Waals surface area contributed by atoms with E-state index in [4.69, 9.17) is 5.11 Å². The fourth-order valence-electron chi connectivity index (χ4n) is 1.58. The number of aryl methyl sites for hydroxylation is 2. The molecule has 1 N–H and O–H groups in total. The second-order valence-corrected chi connectivity index (χ2v) is 4.97. The number of hydrogen-bond acceptors (Lipinski definition) is 6. The Morgan fingerprint density at radius 2 is 2.05 bits per heavy atom. The first-order valence-corrected chi connectivity index (χ1v) is 6.53. The van der Waals surface area contributed by atoms with Gasteiger partial charge in [0, 0.05) is 12.6 Å². The van der Waals surface area contributed by atoms with E-state index in [2.05, 4.69) is 20.4 Å². The molecule has 7 nitrogen and oxygen atoms in total. The fourth-order valence-corrected chi connectivity index (χ4v) is 2.21. The van der Waals surface area contributed by atoms with Gasteiger partial charge in [0.05, 0.1) is 17.1 Å². The number of aromatic nitrogens is 5. The van der Waals surface area contributed by atoms with Crippen LogP contribution in [0.15, 0.2) is 11.2 Å². The lowest BCUT2D eigenvalue weighted by Gasteiger charge is -2.05. The van der Waals surface area contributed by atoms with Crippen molar-refractivity contribution in [1.82, 2.24) is 25.0 Å². The van der Waals surface area contributed by atoms with Crippen molar-refractivity contribution in [2.75, 3.05) is 5.75 Å². The van der Waals surface area contributed by atoms with E-state index in [-0.39, 0.29) is 5.75 Å². The predicted octanol–water partition coefficient (Wildman–Crippen LogP) is 1.07. The Bertz CT molecular complexity index is 626. The molecule has 2 aromatic rings. The van der Waals surface area contributed by atoms with E-state index in [0.29, 0.717) is 11.0 Å². The van der Waals surface area contributed by atoms with E-state index in [0.717, 1.165) is 28.7 Å². The molecule has 0 saturated carbocycles. The molecule has 0 radical (unpaired) electrons. The summed E-state index contributed by atoms with van der Waals surface area (Å²) in [6.45, 7) is 3.70. The third kappa shape index (κ3) is 2.90. The molecule has 8 heteroatoms. The zero-order valence-electron chi connectivity index (χ0n) is 10.8. The van der Waals surface area contributed by atoms with Crippen LogP contribution < -0.4 is 0 Å². The normalized spacial score (nSPS) is 10.7. The van der Waals surface area contributed by atoms with Crippen LogP contribution in [0.5, 0.6) is 0 Å². The van der Waals surface area contributed by atoms with Crippen LogP contribution in [-0.4, -0.2) is 41.8 Å². The molecule has 2 heterocycles. The van der Waals surface area contributed by atoms with Crippen molar-refractivity contribution >= 4 is 17.7 Å². The maximum atomic E-state index is 10.6. The smallest absolute Gasteiger partial charge is 0.313 e. The summed E-state index contributed by atoms with van der Waals surface area (Å²) in [5, 5.41) is 25.3. The van der Waals surface area contributed by atoms with E-state index in [1.54, 1.807) is 11.6 Å². The zero-order chi connectivity index (χ0) is 14.0. The predicted molar refractivity (Wildman–Crippen MR) is 69.9 cm³/mol. The molecule has 0 atom stereocenters. The number of carboxylic acids is 1. The number of carbonyl (C=O) groups is 1. The van der Waals surface area contributed by atoms with Crippen molar-refractivity contribution in [2.24, 2.45) is 7.05 Å². The van der Waals surface area contributed by atoms with Crippen molar-refractivity contribution in [3.05, 3.63) is 17.5 Å². The second kappa shape index (κ2) is 5.35. The molecule has 0 saturated heterocycles. The molecule has 100 valence electrons. The van der Waals surface area contributed by atoms with Gasteiger partial charge in [0.2, 0.25) is 0 Å². The average Bonchev–Trinajstić information content (AvgIpc) is 2.71. The van der Waals surface area contributed by atoms with Gasteiger partial charge in [0.15, 0.2) is 11.0 Å². The number of rotatable bonds is 4. The number of nitrogens with zero attached hydrogens (tertiary/aromatic N) is 5. The Labute approximate surface area is 114 Å². The van der Waals surface area contributed by atoms with Gasteiger partial charge >= 0.3 is 5.97 Å². The molecule has 0 aliphatic heterocycles. The molecule has 2 rings (SSSR count). The van der Waals surface area contributed by atoms with Crippen LogP contribution in [-0.2, 0) is 11.8 Å². The van der Waals surface area contributed by atoms with Crippen molar-refractivity contribution in [3.63, 3.8) is 0 Å². The van der Waals surface area contributed by atoms with Gasteiger partial charge in [-0.25, -0.2) is 0 Å². The zero-order valence-corrected chi connectivity index (χ0v) is 11.6. The molecule has 0 spiro atoms. The standard InChI is InChI=1S/C11H13N5O2S/c1-6-4-8(7(2)13-12-6)10-14-15-11(16(10)3)19-5-9(17)18/h4H,5H2,1-3H3,(H,17,18). The summed E-state index contributed by atoms with van der Waals surface area (Å²) < 4.78 is 1.76. The first-order valence-electron chi connectivity index (χ1n) is 5.54. The molecule has 0 amide bonds. The van der Waals surface area contributed by atoms with Gasteiger partial charge in [0.1, 0.15) is 0 Å². The van der Waals surface area contributed by atoms with Crippen LogP contribution in [0.3, 0.4) is 0 Å². The molecule has 19 heavy (non-hydrogen) atoms. The number of hydrogen-bond donors (Lipinski definition) is 1. The Kier molecular flexibility index (Phi) is 3.79. The van der Waals surface area contributed by atoms with Gasteiger partial charge in [-0.2, -0.15) is 10.2 Å². The molecule has 0 aliphatic rings. The van der Waals surface area contributed by atoms with Crippen LogP contribution in [0, 0.1) is 13.8 Å². The molecular formula is C11H13N5O2S. The van der Waals surface area contributed by atoms with Crippen LogP contribution >= 0.6 is 11.8 Å². The highest BCUT2D eigenvalue weighted by Gasteiger charge is 2.15. The van der Waals surface area contributed by atoms with Crippen molar-refractivity contribution in [1.29, 1.82) is 0 Å². The molecule has 2 aromatic heterocycles. The minimum Gasteiger partial charge on any atom is -0.481 e. The van der Waals surface area contributed by atoms with Gasteiger partial charge in [-0.3, -0.25) is 4.79 Å². The third-order valence-corrected chi connectivity index (χ3v) is 3.51. The molecular weight excluding hydrogens is 266 g/mol. The maximum Gasteiger partial charge on any atom is 0.313 e. The highest BCUT2D eigenvalue weighted by molar-refractivity contribution is 7.99. The van der Waals surface area contributed by atoms with Crippen molar-refractivity contribution in [3.8, 4) is 11.4 Å². The Morgan fingerprint density at radius 1 is 1.32 bits per heavy atom. The summed E-state index contributed by atoms with van der Waals surface area (Å²) in [5.74, 6) is -0.269. The summed E-state index contributed by atoms with van der Waals surface area (Å²) in [5.41, 5.74) is 2.41. The van der Waals surface area contributed by atoms with Crippen LogP contribution in [0.1, 0.15) is 11.4 Å². The van der Waals surface area contributed by atoms with Crippen molar-refractivity contribution in [2.45, 2.75) is 19.0 Å². The van der Waals surface area contributed by atoms with Gasteiger partial charge in [-0.15, -0.1) is 10.2 Å². The first-order chi connectivity index (χ1) is 8.99. The minimum absolute atomic E-state index is 0.0431. The van der Waals surface area contributed by atoms with E-state index in [9.17, 15) is 4.79 Å². The fraction of sp³-hybridized carbons (Fsp3) is 0.364. The largest absolute Gasteiger partial charge is 0.481 e. The van der Waals surface area contributed by atoms with E-state index in [1.165, 1.54) is 0 Å². The topological polar surface area (TPSA) is 93.8 Å². The highest BCUT2D eigenvalue weighted by Crippen LogP contribution is 2.24. The molecule has 0 unspecified atom stereocenters. The number of aliphatic carboxylic acids is 1. The summed E-state index contributed by atoms with van der Waals surface area (Å²) in [6, 6.07) is 1.89. The quantitative estimate of drug-likeness (QED) is 0.836. The Balaban J connectivity index is 2.36. The van der Waals surface area contributed by atoms with Crippen LogP contribution in [0.4, 0.5) is 0 Å². The number of thioether (sulfide) groups is 1. The Hall–Kier alpha value is -1.96. The van der Waals surface area contributed by atoms with Gasteiger partial charge in [0.25, 0.3) is 0 Å². The van der Waals surface area contributed by atoms with E-state index in [1.807, 2.05) is 19.9 Å². The molecule has 0 aliphatic carbocycles. The van der Waals surface area contributed by atoms with Crippen LogP contribution in [0.2, 0.25) is 0 Å². The lowest BCUT2D eigenvalue weighted by atomic mass is 10.2. The summed E-state index contributed by atoms with van der Waals surface area (Å²) in [4.78, 5) is 10.6. The highest BCUT2D eigenvalue weighted by atomic mass is 32.2. The monoisotopic (exact) mass is 279 g/mol. The van der Waals surface area contributed by atoms with Crippen LogP contribution in [0.25, 0.3) is 11.4 Å². The Morgan fingerprint density at radius 3 is 2.74 bits per heavy atom. The summed E-state index contributed by atoms with van der Waals surface area (Å²) >= 11 is 1.13. The summed E-state index contributed by atoms with van der Waals surface area (Å²) in [7, 11) is 1.80. The van der Waals surface area contributed by atoms with Gasteiger partial charge in [-0.05, 0) is 19.9 Å². The molecule has 0 fully saturated rings. The van der Waals surface area contributed by atoms with Gasteiger partial charge in [-0.1, -0.05) is 11.8 Å². The third-order valence-electron chi connectivity index (χ3n) is 2.50. The first kappa shape index (κ1) is 13.5. The second-order valence-electron chi connectivity index (χ2n) is 4.03. The van der Waals surface area contributed by atoms with Gasteiger partial charge < -0.3 is 9.67 Å². The summed E-state index contributed by atoms with van der Waals surface area (Å²) in [6.07, 6.45) is 0. The average molecular weight is 279 g/mol. The molecule has 0 aromatic carbocycles. The lowest BCUT2D eigenvalue weighted by molar-refractivity contribution is -0.133. The lowest BCUT2D eigenvalue weighted by Crippen LogP contribution is -2.02. The number of carboxylic acid groups (broad SMARTS) is 1. The molecule has 0 bridgehead atoms. The van der Waals surface area contributed by atoms with E-state index < -0.39 is 5.97 Å². The van der Waals surface area contributed by atoms with Crippen molar-refractivity contribution < 1.29 is 9.90 Å². The minimum atomic E-state index is -0.882.